The van der Waals surface area contributed by atoms with Gasteiger partial charge in [-0.05, 0) is 37.0 Å². The van der Waals surface area contributed by atoms with E-state index < -0.39 is 24.3 Å². The Bertz CT molecular complexity index is 661. The molecule has 1 atom stereocenters. The number of aliphatic carboxylic acids is 1. The molecule has 0 saturated heterocycles. The molecule has 0 heterocycles. The summed E-state index contributed by atoms with van der Waals surface area (Å²) >= 11 is 0. The standard InChI is InChI=1S/C19H27NO8/c1-3-5-9-25-18(23)27-15-8-7-13(11-14(20)17(21)22)12-16(15)28-19(24)26-10-6-4-2/h7-8,12,14H,3-6,9-11,20H2,1-2H3,(H,21,22)/t14-/m0/s1. The van der Waals surface area contributed by atoms with Crippen LogP contribution in [0.1, 0.15) is 45.1 Å². The summed E-state index contributed by atoms with van der Waals surface area (Å²) in [7, 11) is 0. The smallest absolute Gasteiger partial charge is 0.480 e. The number of unbranched alkanes of at least 4 members (excludes halogenated alkanes) is 2. The quantitative estimate of drug-likeness (QED) is 0.327. The molecule has 9 nitrogen and oxygen atoms in total. The van der Waals surface area contributed by atoms with Crippen LogP contribution in [0.15, 0.2) is 18.2 Å². The molecule has 0 saturated carbocycles. The number of benzene rings is 1. The lowest BCUT2D eigenvalue weighted by Gasteiger charge is -2.13. The molecule has 1 aromatic rings. The molecule has 156 valence electrons. The number of hydrogen-bond donors (Lipinski definition) is 2. The number of carbonyl (C=O) groups is 3. The summed E-state index contributed by atoms with van der Waals surface area (Å²) in [5.41, 5.74) is 6.01. The minimum absolute atomic E-state index is 0.00218. The molecule has 0 bridgehead atoms. The van der Waals surface area contributed by atoms with E-state index in [2.05, 4.69) is 0 Å². The largest absolute Gasteiger partial charge is 0.513 e. The number of nitrogens with two attached hydrogens (primary N) is 1. The third-order valence-electron chi connectivity index (χ3n) is 3.60. The van der Waals surface area contributed by atoms with E-state index in [0.717, 1.165) is 12.8 Å². The SMILES string of the molecule is CCCCOC(=O)Oc1ccc(C[C@H](N)C(=O)O)cc1OC(=O)OCCCC. The van der Waals surface area contributed by atoms with Crippen LogP contribution in [0.3, 0.4) is 0 Å². The molecule has 0 aliphatic rings. The van der Waals surface area contributed by atoms with Gasteiger partial charge in [-0.2, -0.15) is 0 Å². The van der Waals surface area contributed by atoms with Gasteiger partial charge in [-0.15, -0.1) is 0 Å². The van der Waals surface area contributed by atoms with Crippen LogP contribution in [-0.2, 0) is 20.7 Å². The lowest BCUT2D eigenvalue weighted by molar-refractivity contribution is -0.138. The monoisotopic (exact) mass is 397 g/mol. The van der Waals surface area contributed by atoms with Crippen molar-refractivity contribution >= 4 is 18.3 Å². The van der Waals surface area contributed by atoms with Crippen molar-refractivity contribution in [3.05, 3.63) is 23.8 Å². The number of carboxylic acids is 1. The molecule has 0 fully saturated rings. The molecule has 0 amide bonds. The van der Waals surface area contributed by atoms with Crippen molar-refractivity contribution in [1.29, 1.82) is 0 Å². The number of rotatable bonds is 11. The van der Waals surface area contributed by atoms with Gasteiger partial charge in [0.15, 0.2) is 11.5 Å². The highest BCUT2D eigenvalue weighted by molar-refractivity contribution is 5.74. The van der Waals surface area contributed by atoms with Crippen molar-refractivity contribution in [3.63, 3.8) is 0 Å². The molecular weight excluding hydrogens is 370 g/mol. The molecule has 1 aromatic carbocycles. The van der Waals surface area contributed by atoms with Crippen LogP contribution >= 0.6 is 0 Å². The average Bonchev–Trinajstić information content (AvgIpc) is 2.64. The van der Waals surface area contributed by atoms with Crippen LogP contribution in [0.25, 0.3) is 0 Å². The van der Waals surface area contributed by atoms with Gasteiger partial charge in [0, 0.05) is 0 Å². The first kappa shape index (κ1) is 23.2. The maximum atomic E-state index is 11.8. The molecule has 0 aliphatic carbocycles. The first-order valence-electron chi connectivity index (χ1n) is 9.17. The van der Waals surface area contributed by atoms with Crippen LogP contribution in [0.5, 0.6) is 11.5 Å². The lowest BCUT2D eigenvalue weighted by Crippen LogP contribution is -2.32. The molecule has 0 spiro atoms. The Balaban J connectivity index is 2.90. The van der Waals surface area contributed by atoms with E-state index in [-0.39, 0.29) is 31.1 Å². The normalized spacial score (nSPS) is 11.4. The number of hydrogen-bond acceptors (Lipinski definition) is 8. The number of ether oxygens (including phenoxy) is 4. The van der Waals surface area contributed by atoms with Gasteiger partial charge in [0.05, 0.1) is 13.2 Å². The van der Waals surface area contributed by atoms with Crippen molar-refractivity contribution < 1.29 is 38.4 Å². The van der Waals surface area contributed by atoms with E-state index in [0.29, 0.717) is 18.4 Å². The Morgan fingerprint density at radius 2 is 1.50 bits per heavy atom. The van der Waals surface area contributed by atoms with Crippen molar-refractivity contribution in [3.8, 4) is 11.5 Å². The Hall–Kier alpha value is -2.81. The van der Waals surface area contributed by atoms with Gasteiger partial charge in [0.25, 0.3) is 0 Å². The summed E-state index contributed by atoms with van der Waals surface area (Å²) in [5, 5.41) is 8.94. The minimum atomic E-state index is -1.17. The molecule has 0 radical (unpaired) electrons. The molecule has 0 aromatic heterocycles. The number of carbonyl (C=O) groups excluding carboxylic acids is 2. The number of carboxylic acid groups (broad SMARTS) is 1. The fourth-order valence-corrected chi connectivity index (χ4v) is 2.02. The highest BCUT2D eigenvalue weighted by atomic mass is 16.7. The van der Waals surface area contributed by atoms with Gasteiger partial charge >= 0.3 is 18.3 Å². The van der Waals surface area contributed by atoms with Crippen LogP contribution in [0.4, 0.5) is 9.59 Å². The van der Waals surface area contributed by atoms with Gasteiger partial charge in [-0.25, -0.2) is 9.59 Å². The van der Waals surface area contributed by atoms with Crippen molar-refractivity contribution in [2.75, 3.05) is 13.2 Å². The molecule has 1 rings (SSSR count). The molecule has 28 heavy (non-hydrogen) atoms. The van der Waals surface area contributed by atoms with Gasteiger partial charge in [0.2, 0.25) is 0 Å². The van der Waals surface area contributed by atoms with E-state index in [1.807, 2.05) is 13.8 Å². The van der Waals surface area contributed by atoms with Gasteiger partial charge in [0.1, 0.15) is 6.04 Å². The van der Waals surface area contributed by atoms with Gasteiger partial charge in [-0.1, -0.05) is 32.8 Å². The fraction of sp³-hybridized carbons (Fsp3) is 0.526. The zero-order valence-electron chi connectivity index (χ0n) is 16.1. The van der Waals surface area contributed by atoms with Gasteiger partial charge in [-0.3, -0.25) is 4.79 Å². The van der Waals surface area contributed by atoms with E-state index in [1.54, 1.807) is 0 Å². The summed E-state index contributed by atoms with van der Waals surface area (Å²) in [6, 6.07) is 3.14. The predicted molar refractivity (Wildman–Crippen MR) is 99.5 cm³/mol. The zero-order valence-corrected chi connectivity index (χ0v) is 16.1. The average molecular weight is 397 g/mol. The summed E-state index contributed by atoms with van der Waals surface area (Å²) < 4.78 is 20.1. The molecule has 3 N–H and O–H groups in total. The minimum Gasteiger partial charge on any atom is -0.480 e. The van der Waals surface area contributed by atoms with Crippen molar-refractivity contribution in [2.45, 2.75) is 52.0 Å². The predicted octanol–water partition coefficient (Wildman–Crippen LogP) is 3.27. The molecule has 0 aliphatic heterocycles. The van der Waals surface area contributed by atoms with Crippen LogP contribution in [-0.4, -0.2) is 42.6 Å². The summed E-state index contributed by atoms with van der Waals surface area (Å²) in [6.07, 6.45) is 1.16. The van der Waals surface area contributed by atoms with Crippen molar-refractivity contribution in [1.82, 2.24) is 0 Å². The van der Waals surface area contributed by atoms with E-state index in [4.69, 9.17) is 29.8 Å². The maximum Gasteiger partial charge on any atom is 0.513 e. The van der Waals surface area contributed by atoms with Gasteiger partial charge < -0.3 is 29.8 Å². The Morgan fingerprint density at radius 3 is 2.00 bits per heavy atom. The highest BCUT2D eigenvalue weighted by Crippen LogP contribution is 2.30. The molecule has 0 unspecified atom stereocenters. The lowest BCUT2D eigenvalue weighted by atomic mass is 10.1. The van der Waals surface area contributed by atoms with Crippen LogP contribution in [0, 0.1) is 0 Å². The van der Waals surface area contributed by atoms with Crippen molar-refractivity contribution in [2.24, 2.45) is 5.73 Å². The third kappa shape index (κ3) is 8.72. The second-order valence-electron chi connectivity index (χ2n) is 6.04. The fourth-order valence-electron chi connectivity index (χ4n) is 2.02. The van der Waals surface area contributed by atoms with E-state index >= 15 is 0 Å². The zero-order chi connectivity index (χ0) is 20.9. The summed E-state index contributed by atoms with van der Waals surface area (Å²) in [6.45, 7) is 4.29. The first-order chi connectivity index (χ1) is 13.4. The van der Waals surface area contributed by atoms with E-state index in [1.165, 1.54) is 18.2 Å². The topological polar surface area (TPSA) is 134 Å². The molecule has 9 heteroatoms. The first-order valence-corrected chi connectivity index (χ1v) is 9.17. The Kier molecular flexibility index (Phi) is 10.4. The van der Waals surface area contributed by atoms with E-state index in [9.17, 15) is 14.4 Å². The van der Waals surface area contributed by atoms with Crippen LogP contribution in [0.2, 0.25) is 0 Å². The third-order valence-corrected chi connectivity index (χ3v) is 3.60. The second-order valence-corrected chi connectivity index (χ2v) is 6.04. The second kappa shape index (κ2) is 12.6. The Morgan fingerprint density at radius 1 is 0.964 bits per heavy atom. The highest BCUT2D eigenvalue weighted by Gasteiger charge is 2.18. The summed E-state index contributed by atoms with van der Waals surface area (Å²) in [5.74, 6) is -1.31. The van der Waals surface area contributed by atoms with Crippen LogP contribution < -0.4 is 15.2 Å². The summed E-state index contributed by atoms with van der Waals surface area (Å²) in [4.78, 5) is 34.6. The maximum absolute atomic E-state index is 11.8. The Labute approximate surface area is 163 Å². The molecular formula is C19H27NO8.